The summed E-state index contributed by atoms with van der Waals surface area (Å²) in [5.74, 6) is 0.974. The van der Waals surface area contributed by atoms with Gasteiger partial charge >= 0.3 is 0 Å². The lowest BCUT2D eigenvalue weighted by Gasteiger charge is -2.00. The second kappa shape index (κ2) is 5.65. The van der Waals surface area contributed by atoms with Crippen molar-refractivity contribution >= 4 is 23.2 Å². The molecule has 3 nitrogen and oxygen atoms in total. The maximum atomic E-state index is 6.39. The molecule has 100 valence electrons. The van der Waals surface area contributed by atoms with Crippen LogP contribution in [0.15, 0.2) is 54.7 Å². The molecule has 0 N–H and O–H groups in total. The normalized spacial score (nSPS) is 10.7. The van der Waals surface area contributed by atoms with Gasteiger partial charge in [-0.1, -0.05) is 48.0 Å². The molecule has 0 saturated heterocycles. The molecule has 0 aliphatic carbocycles. The molecular weight excluding hydrogens is 293 g/mol. The van der Waals surface area contributed by atoms with Crippen LogP contribution in [0.3, 0.4) is 0 Å². The highest BCUT2D eigenvalue weighted by Crippen LogP contribution is 2.31. The van der Waals surface area contributed by atoms with Crippen molar-refractivity contribution in [1.82, 2.24) is 14.8 Å². The van der Waals surface area contributed by atoms with Crippen LogP contribution in [0.25, 0.3) is 17.1 Å². The largest absolute Gasteiger partial charge is 0.237 e. The summed E-state index contributed by atoms with van der Waals surface area (Å²) in [6.07, 6.45) is 1.70. The standard InChI is InChI=1S/C15H11Cl2N3/c16-10-12-14(11-6-2-1-3-7-11)19-20(15(12)17)13-8-4-5-9-18-13/h1-9H,10H2. The van der Waals surface area contributed by atoms with E-state index in [0.717, 1.165) is 16.8 Å². The maximum absolute atomic E-state index is 6.39. The van der Waals surface area contributed by atoms with E-state index in [1.54, 1.807) is 10.9 Å². The molecule has 20 heavy (non-hydrogen) atoms. The number of hydrogen-bond donors (Lipinski definition) is 0. The number of alkyl halides is 1. The van der Waals surface area contributed by atoms with Gasteiger partial charge in [-0.3, -0.25) is 0 Å². The molecule has 0 fully saturated rings. The number of pyridine rings is 1. The molecule has 0 unspecified atom stereocenters. The quantitative estimate of drug-likeness (QED) is 0.674. The van der Waals surface area contributed by atoms with E-state index < -0.39 is 0 Å². The van der Waals surface area contributed by atoms with Gasteiger partial charge in [0.2, 0.25) is 0 Å². The maximum Gasteiger partial charge on any atom is 0.155 e. The van der Waals surface area contributed by atoms with Gasteiger partial charge in [-0.05, 0) is 12.1 Å². The van der Waals surface area contributed by atoms with Crippen LogP contribution >= 0.6 is 23.2 Å². The van der Waals surface area contributed by atoms with Crippen molar-refractivity contribution in [3.05, 3.63) is 65.4 Å². The molecule has 2 aromatic heterocycles. The van der Waals surface area contributed by atoms with E-state index in [4.69, 9.17) is 23.2 Å². The third-order valence-electron chi connectivity index (χ3n) is 2.97. The van der Waals surface area contributed by atoms with Gasteiger partial charge in [-0.2, -0.15) is 5.10 Å². The summed E-state index contributed by atoms with van der Waals surface area (Å²) in [5, 5.41) is 5.06. The number of hydrogen-bond acceptors (Lipinski definition) is 2. The molecule has 3 rings (SSSR count). The highest BCUT2D eigenvalue weighted by molar-refractivity contribution is 6.32. The molecule has 5 heteroatoms. The summed E-state index contributed by atoms with van der Waals surface area (Å²) in [5.41, 5.74) is 2.58. The molecule has 0 radical (unpaired) electrons. The number of halogens is 2. The molecule has 0 aliphatic heterocycles. The fraction of sp³-hybridized carbons (Fsp3) is 0.0667. The van der Waals surface area contributed by atoms with E-state index in [2.05, 4.69) is 10.1 Å². The minimum atomic E-state index is 0.301. The van der Waals surface area contributed by atoms with E-state index in [1.807, 2.05) is 48.5 Å². The van der Waals surface area contributed by atoms with Crippen molar-refractivity contribution in [2.75, 3.05) is 0 Å². The summed E-state index contributed by atoms with van der Waals surface area (Å²) in [4.78, 5) is 4.27. The van der Waals surface area contributed by atoms with Gasteiger partial charge in [0.25, 0.3) is 0 Å². The Bertz CT molecular complexity index is 709. The van der Waals surface area contributed by atoms with E-state index in [1.165, 1.54) is 0 Å². The van der Waals surface area contributed by atoms with Gasteiger partial charge in [-0.15, -0.1) is 11.6 Å². The Morgan fingerprint density at radius 2 is 1.75 bits per heavy atom. The molecule has 0 aliphatic rings. The second-order valence-corrected chi connectivity index (χ2v) is 4.84. The average molecular weight is 304 g/mol. The molecule has 0 amide bonds. The third kappa shape index (κ3) is 2.30. The number of rotatable bonds is 3. The predicted octanol–water partition coefficient (Wildman–Crippen LogP) is 4.33. The first kappa shape index (κ1) is 13.2. The predicted molar refractivity (Wildman–Crippen MR) is 81.4 cm³/mol. The van der Waals surface area contributed by atoms with Crippen LogP contribution in [0.1, 0.15) is 5.56 Å². The number of nitrogens with zero attached hydrogens (tertiary/aromatic N) is 3. The van der Waals surface area contributed by atoms with Crippen molar-refractivity contribution in [2.24, 2.45) is 0 Å². The molecule has 0 spiro atoms. The molecule has 1 aromatic carbocycles. The number of benzene rings is 1. The van der Waals surface area contributed by atoms with E-state index >= 15 is 0 Å². The monoisotopic (exact) mass is 303 g/mol. The van der Waals surface area contributed by atoms with Gasteiger partial charge in [0.15, 0.2) is 5.82 Å². The molecule has 0 saturated carbocycles. The van der Waals surface area contributed by atoms with Gasteiger partial charge < -0.3 is 0 Å². The highest BCUT2D eigenvalue weighted by atomic mass is 35.5. The molecule has 0 atom stereocenters. The first-order valence-corrected chi connectivity index (χ1v) is 7.02. The second-order valence-electron chi connectivity index (χ2n) is 4.22. The SMILES string of the molecule is ClCc1c(-c2ccccc2)nn(-c2ccccn2)c1Cl. The van der Waals surface area contributed by atoms with Gasteiger partial charge in [0.1, 0.15) is 5.15 Å². The lowest BCUT2D eigenvalue weighted by atomic mass is 10.1. The Hall–Kier alpha value is -1.84. The summed E-state index contributed by atoms with van der Waals surface area (Å²) >= 11 is 12.4. The van der Waals surface area contributed by atoms with Crippen LogP contribution in [0.5, 0.6) is 0 Å². The minimum Gasteiger partial charge on any atom is -0.237 e. The fourth-order valence-electron chi connectivity index (χ4n) is 2.01. The Morgan fingerprint density at radius 1 is 1.00 bits per heavy atom. The Morgan fingerprint density at radius 3 is 2.40 bits per heavy atom. The van der Waals surface area contributed by atoms with Crippen molar-refractivity contribution in [3.63, 3.8) is 0 Å². The molecule has 0 bridgehead atoms. The zero-order valence-electron chi connectivity index (χ0n) is 10.5. The molecule has 3 aromatic rings. The van der Waals surface area contributed by atoms with Gasteiger partial charge in [0.05, 0.1) is 11.6 Å². The average Bonchev–Trinajstić information content (AvgIpc) is 2.86. The third-order valence-corrected chi connectivity index (χ3v) is 3.62. The summed E-state index contributed by atoms with van der Waals surface area (Å²) in [6.45, 7) is 0. The van der Waals surface area contributed by atoms with Gasteiger partial charge in [-0.25, -0.2) is 9.67 Å². The molecule has 2 heterocycles. The van der Waals surface area contributed by atoms with Crippen LogP contribution in [-0.4, -0.2) is 14.8 Å². The van der Waals surface area contributed by atoms with Crippen molar-refractivity contribution in [3.8, 4) is 17.1 Å². The van der Waals surface area contributed by atoms with Crippen LogP contribution in [0, 0.1) is 0 Å². The van der Waals surface area contributed by atoms with Crippen LogP contribution in [0.4, 0.5) is 0 Å². The van der Waals surface area contributed by atoms with Crippen molar-refractivity contribution < 1.29 is 0 Å². The Labute approximate surface area is 126 Å². The first-order chi connectivity index (χ1) is 9.81. The summed E-state index contributed by atoms with van der Waals surface area (Å²) in [7, 11) is 0. The van der Waals surface area contributed by atoms with E-state index in [-0.39, 0.29) is 0 Å². The summed E-state index contributed by atoms with van der Waals surface area (Å²) < 4.78 is 1.61. The molecular formula is C15H11Cl2N3. The minimum absolute atomic E-state index is 0.301. The first-order valence-electron chi connectivity index (χ1n) is 6.11. The van der Waals surface area contributed by atoms with E-state index in [0.29, 0.717) is 16.9 Å². The van der Waals surface area contributed by atoms with Gasteiger partial charge in [0, 0.05) is 17.3 Å². The van der Waals surface area contributed by atoms with Crippen LogP contribution in [-0.2, 0) is 5.88 Å². The van der Waals surface area contributed by atoms with Crippen molar-refractivity contribution in [1.29, 1.82) is 0 Å². The topological polar surface area (TPSA) is 30.7 Å². The Kier molecular flexibility index (Phi) is 3.72. The van der Waals surface area contributed by atoms with Crippen LogP contribution in [0.2, 0.25) is 5.15 Å². The zero-order chi connectivity index (χ0) is 13.9. The zero-order valence-corrected chi connectivity index (χ0v) is 12.0. The smallest absolute Gasteiger partial charge is 0.155 e. The lowest BCUT2D eigenvalue weighted by Crippen LogP contribution is -1.99. The summed E-state index contributed by atoms with van der Waals surface area (Å²) in [6, 6.07) is 15.4. The lowest BCUT2D eigenvalue weighted by molar-refractivity contribution is 0.850. The Balaban J connectivity index is 2.18. The van der Waals surface area contributed by atoms with Crippen LogP contribution < -0.4 is 0 Å². The number of aromatic nitrogens is 3. The fourth-order valence-corrected chi connectivity index (χ4v) is 2.61. The highest BCUT2D eigenvalue weighted by Gasteiger charge is 2.18. The van der Waals surface area contributed by atoms with Crippen molar-refractivity contribution in [2.45, 2.75) is 5.88 Å². The van der Waals surface area contributed by atoms with E-state index in [9.17, 15) is 0 Å².